The van der Waals surface area contributed by atoms with Crippen LogP contribution in [0, 0.1) is 11.3 Å². The minimum absolute atomic E-state index is 0.148. The zero-order valence-corrected chi connectivity index (χ0v) is 29.6. The van der Waals surface area contributed by atoms with Gasteiger partial charge in [-0.25, -0.2) is 9.46 Å². The summed E-state index contributed by atoms with van der Waals surface area (Å²) in [4.78, 5) is 27.6. The van der Waals surface area contributed by atoms with E-state index in [4.69, 9.17) is 28.1 Å². The molecule has 0 saturated carbocycles. The number of nitrogens with one attached hydrogen (secondary N) is 1. The number of H-pyrrole nitrogens is 1. The summed E-state index contributed by atoms with van der Waals surface area (Å²) >= 11 is 0. The molecule has 1 rings (SSSR count). The van der Waals surface area contributed by atoms with Crippen molar-refractivity contribution in [3.05, 3.63) is 33.1 Å². The van der Waals surface area contributed by atoms with E-state index in [1.54, 1.807) is 7.11 Å². The third-order valence-electron chi connectivity index (χ3n) is 6.35. The minimum Gasteiger partial charge on any atom is -0.413 e. The van der Waals surface area contributed by atoms with Gasteiger partial charge in [0, 0.05) is 25.3 Å². The van der Waals surface area contributed by atoms with Crippen LogP contribution in [0.4, 0.5) is 0 Å². The van der Waals surface area contributed by atoms with Crippen LogP contribution < -0.4 is 16.1 Å². The van der Waals surface area contributed by atoms with Crippen molar-refractivity contribution >= 4 is 16.1 Å². The zero-order valence-electron chi connectivity index (χ0n) is 27.8. The SMILES string of the molecule is CCOP(=O)(OCC)C(C)(C)CCCC(OC)C(C)OP(OCCC#N)N(C(C)C)C(C)C.COn1ccc(=O)[nH]c1=O. The lowest BCUT2D eigenvalue weighted by atomic mass is 10.0. The number of nitriles is 1. The number of rotatable bonds is 20. The normalized spacial score (nSPS) is 14.3. The molecule has 0 bridgehead atoms. The highest BCUT2D eigenvalue weighted by Gasteiger charge is 2.43. The van der Waals surface area contributed by atoms with Crippen LogP contribution in [0.3, 0.4) is 0 Å². The number of hydrogen-bond donors (Lipinski definition) is 1. The number of aromatic amines is 1. The summed E-state index contributed by atoms with van der Waals surface area (Å²) < 4.78 is 45.7. The Kier molecular flexibility index (Phi) is 20.4. The molecule has 0 aliphatic carbocycles. The minimum atomic E-state index is -3.21. The molecular formula is C28H54N4O9P2. The molecule has 0 aliphatic heterocycles. The van der Waals surface area contributed by atoms with E-state index in [0.717, 1.165) is 17.6 Å². The zero-order chi connectivity index (χ0) is 33.2. The van der Waals surface area contributed by atoms with Crippen LogP contribution in [0.15, 0.2) is 21.9 Å². The van der Waals surface area contributed by atoms with E-state index < -0.39 is 32.5 Å². The van der Waals surface area contributed by atoms with Crippen molar-refractivity contribution in [1.82, 2.24) is 14.4 Å². The third kappa shape index (κ3) is 14.4. The van der Waals surface area contributed by atoms with Crippen LogP contribution in [0.1, 0.15) is 88.0 Å². The lowest BCUT2D eigenvalue weighted by Gasteiger charge is -2.38. The number of ether oxygens (including phenoxy) is 1. The molecule has 1 aromatic rings. The van der Waals surface area contributed by atoms with Crippen molar-refractivity contribution in [3.8, 4) is 6.07 Å². The maximum absolute atomic E-state index is 13.2. The fourth-order valence-corrected chi connectivity index (χ4v) is 7.81. The molecule has 0 saturated heterocycles. The highest BCUT2D eigenvalue weighted by atomic mass is 31.2. The quantitative estimate of drug-likeness (QED) is 0.140. The van der Waals surface area contributed by atoms with Crippen LogP contribution in [0.5, 0.6) is 0 Å². The monoisotopic (exact) mass is 652 g/mol. The highest BCUT2D eigenvalue weighted by Crippen LogP contribution is 2.61. The Hall–Kier alpha value is -1.61. The van der Waals surface area contributed by atoms with Gasteiger partial charge < -0.3 is 27.7 Å². The molecule has 1 heterocycles. The molecule has 250 valence electrons. The summed E-state index contributed by atoms with van der Waals surface area (Å²) in [7, 11) is -1.53. The molecule has 13 nitrogen and oxygen atoms in total. The molecule has 1 N–H and O–H groups in total. The van der Waals surface area contributed by atoms with Crippen LogP contribution in [0.2, 0.25) is 0 Å². The Labute approximate surface area is 258 Å². The van der Waals surface area contributed by atoms with Gasteiger partial charge in [-0.1, -0.05) is 0 Å². The lowest BCUT2D eigenvalue weighted by molar-refractivity contribution is -0.00392. The molecule has 3 unspecified atom stereocenters. The summed E-state index contributed by atoms with van der Waals surface area (Å²) in [6.45, 7) is 19.0. The van der Waals surface area contributed by atoms with Gasteiger partial charge in [0.05, 0.1) is 55.9 Å². The van der Waals surface area contributed by atoms with Crippen molar-refractivity contribution in [2.24, 2.45) is 0 Å². The molecule has 43 heavy (non-hydrogen) atoms. The van der Waals surface area contributed by atoms with E-state index in [9.17, 15) is 14.2 Å². The Morgan fingerprint density at radius 2 is 1.67 bits per heavy atom. The summed E-state index contributed by atoms with van der Waals surface area (Å²) in [6, 6.07) is 3.79. The number of aromatic nitrogens is 2. The standard InChI is InChI=1S/C23H48N2O6P2.C5H6N2O3/c1-11-29-33(26,30-12-2)23(8,9)16-13-15-22(27-10)21(7)31-32(28-18-14-17-24)25(19(3)4)20(5)6;1-10-7-3-2-4(8)6-5(7)9/h19-22H,11-16,18H2,1-10H3;2-3H,1H3,(H,6,8,9). The second-order valence-corrected chi connectivity index (χ2v) is 14.9. The van der Waals surface area contributed by atoms with Crippen molar-refractivity contribution < 1.29 is 32.2 Å². The van der Waals surface area contributed by atoms with Crippen molar-refractivity contribution in [2.75, 3.05) is 34.0 Å². The Balaban J connectivity index is 0.00000147. The average Bonchev–Trinajstić information content (AvgIpc) is 2.91. The largest absolute Gasteiger partial charge is 0.413 e. The predicted octanol–water partition coefficient (Wildman–Crippen LogP) is 5.49. The molecule has 3 atom stereocenters. The maximum atomic E-state index is 13.2. The molecule has 0 fully saturated rings. The lowest BCUT2D eigenvalue weighted by Crippen LogP contribution is -2.36. The molecule has 0 aliphatic rings. The Morgan fingerprint density at radius 3 is 2.12 bits per heavy atom. The second kappa shape index (κ2) is 21.2. The topological polar surface area (TPSA) is 154 Å². The van der Waals surface area contributed by atoms with Crippen molar-refractivity contribution in [2.45, 2.75) is 117 Å². The predicted molar refractivity (Wildman–Crippen MR) is 169 cm³/mol. The second-order valence-electron chi connectivity index (χ2n) is 10.8. The summed E-state index contributed by atoms with van der Waals surface area (Å²) in [6.07, 6.45) is 3.42. The van der Waals surface area contributed by atoms with Crippen LogP contribution in [-0.2, 0) is 27.4 Å². The fourth-order valence-electron chi connectivity index (χ4n) is 4.20. The van der Waals surface area contributed by atoms with Crippen molar-refractivity contribution in [1.29, 1.82) is 5.26 Å². The summed E-state index contributed by atoms with van der Waals surface area (Å²) in [5.74, 6) is 0. The van der Waals surface area contributed by atoms with Gasteiger partial charge in [-0.05, 0) is 81.6 Å². The molecule has 0 amide bonds. The third-order valence-corrected chi connectivity index (χ3v) is 11.5. The Bertz CT molecular complexity index is 1090. The fraction of sp³-hybridized carbons (Fsp3) is 0.821. The van der Waals surface area contributed by atoms with Gasteiger partial charge >= 0.3 is 13.3 Å². The van der Waals surface area contributed by atoms with E-state index in [1.165, 1.54) is 19.4 Å². The van der Waals surface area contributed by atoms with Gasteiger partial charge in [-0.2, -0.15) is 5.26 Å². The number of methoxy groups -OCH3 is 1. The Morgan fingerprint density at radius 1 is 1.09 bits per heavy atom. The maximum Gasteiger partial charge on any atom is 0.361 e. The van der Waals surface area contributed by atoms with Gasteiger partial charge in [0.25, 0.3) is 14.1 Å². The van der Waals surface area contributed by atoms with Crippen LogP contribution in [0.25, 0.3) is 0 Å². The van der Waals surface area contributed by atoms with E-state index in [1.807, 2.05) is 39.6 Å². The van der Waals surface area contributed by atoms with Crippen LogP contribution >= 0.6 is 16.1 Å². The first-order valence-electron chi connectivity index (χ1n) is 14.7. The van der Waals surface area contributed by atoms with Crippen LogP contribution in [-0.4, -0.2) is 77.9 Å². The number of nitrogens with zero attached hydrogens (tertiary/aromatic N) is 3. The van der Waals surface area contributed by atoms with Gasteiger partial charge in [-0.3, -0.25) is 14.3 Å². The highest BCUT2D eigenvalue weighted by molar-refractivity contribution is 7.55. The first-order chi connectivity index (χ1) is 20.1. The smallest absolute Gasteiger partial charge is 0.361 e. The molecule has 0 spiro atoms. The molecule has 0 aromatic carbocycles. The number of hydrogen-bond acceptors (Lipinski definition) is 11. The summed E-state index contributed by atoms with van der Waals surface area (Å²) in [5, 5.41) is 8.30. The molecular weight excluding hydrogens is 598 g/mol. The van der Waals surface area contributed by atoms with E-state index in [0.29, 0.717) is 32.7 Å². The van der Waals surface area contributed by atoms with E-state index >= 15 is 0 Å². The molecule has 1 aromatic heterocycles. The van der Waals surface area contributed by atoms with Crippen molar-refractivity contribution in [3.63, 3.8) is 0 Å². The average molecular weight is 653 g/mol. The van der Waals surface area contributed by atoms with E-state index in [2.05, 4.69) is 43.3 Å². The van der Waals surface area contributed by atoms with Gasteiger partial charge in [0.2, 0.25) is 0 Å². The van der Waals surface area contributed by atoms with Gasteiger partial charge in [0.1, 0.15) is 7.11 Å². The first-order valence-corrected chi connectivity index (χ1v) is 17.3. The summed E-state index contributed by atoms with van der Waals surface area (Å²) in [5.41, 5.74) is -1.01. The molecule has 15 heteroatoms. The van der Waals surface area contributed by atoms with Gasteiger partial charge in [0.15, 0.2) is 0 Å². The first kappa shape index (κ1) is 41.4. The molecule has 0 radical (unpaired) electrons. The van der Waals surface area contributed by atoms with E-state index in [-0.39, 0.29) is 24.3 Å². The van der Waals surface area contributed by atoms with Gasteiger partial charge in [-0.15, -0.1) is 4.73 Å².